The van der Waals surface area contributed by atoms with Crippen molar-refractivity contribution < 1.29 is 14.6 Å². The highest BCUT2D eigenvalue weighted by molar-refractivity contribution is 6.43. The number of aromatic amines is 1. The molecule has 0 amide bonds. The highest BCUT2D eigenvalue weighted by atomic mass is 35.5. The van der Waals surface area contributed by atoms with E-state index in [1.807, 2.05) is 11.0 Å². The van der Waals surface area contributed by atoms with Crippen molar-refractivity contribution in [1.29, 1.82) is 0 Å². The fraction of sp³-hybridized carbons (Fsp3) is 0.222. The van der Waals surface area contributed by atoms with E-state index in [-0.39, 0.29) is 5.56 Å². The number of morpholine rings is 1. The van der Waals surface area contributed by atoms with Gasteiger partial charge in [0, 0.05) is 13.1 Å². The maximum Gasteiger partial charge on any atom is 0.340 e. The Kier molecular flexibility index (Phi) is 4.82. The number of aromatic carboxylic acids is 1. The van der Waals surface area contributed by atoms with Crippen LogP contribution in [0.4, 0.5) is 17.3 Å². The average molecular weight is 407 g/mol. The van der Waals surface area contributed by atoms with Crippen LogP contribution < -0.4 is 10.2 Å². The minimum atomic E-state index is -1.03. The Bertz CT molecular complexity index is 1020. The molecule has 0 unspecified atom stereocenters. The zero-order chi connectivity index (χ0) is 19.0. The molecular formula is C18H16Cl2N4O3. The van der Waals surface area contributed by atoms with Gasteiger partial charge in [-0.25, -0.2) is 9.78 Å². The second-order valence-electron chi connectivity index (χ2n) is 6.07. The molecular weight excluding hydrogens is 391 g/mol. The predicted octanol–water partition coefficient (Wildman–Crippen LogP) is 4.15. The number of ether oxygens (including phenoxy) is 1. The third-order valence-corrected chi connectivity index (χ3v) is 5.22. The van der Waals surface area contributed by atoms with E-state index in [1.54, 1.807) is 24.3 Å². The van der Waals surface area contributed by atoms with Crippen molar-refractivity contribution in [2.24, 2.45) is 0 Å². The highest BCUT2D eigenvalue weighted by Crippen LogP contribution is 2.33. The quantitative estimate of drug-likeness (QED) is 0.602. The molecule has 3 aromatic rings. The van der Waals surface area contributed by atoms with Gasteiger partial charge >= 0.3 is 5.97 Å². The molecule has 0 aliphatic carbocycles. The summed E-state index contributed by atoms with van der Waals surface area (Å²) in [5.41, 5.74) is 2.37. The first-order valence-corrected chi connectivity index (χ1v) is 9.10. The van der Waals surface area contributed by atoms with Crippen LogP contribution in [0.5, 0.6) is 0 Å². The van der Waals surface area contributed by atoms with Gasteiger partial charge in [-0.15, -0.1) is 0 Å². The lowest BCUT2D eigenvalue weighted by Crippen LogP contribution is -2.37. The van der Waals surface area contributed by atoms with Crippen LogP contribution in [0.1, 0.15) is 10.4 Å². The van der Waals surface area contributed by atoms with Crippen molar-refractivity contribution in [3.63, 3.8) is 0 Å². The number of H-pyrrole nitrogens is 1. The van der Waals surface area contributed by atoms with Gasteiger partial charge in [-0.3, -0.25) is 0 Å². The number of hydrogen-bond acceptors (Lipinski definition) is 5. The molecule has 0 bridgehead atoms. The molecule has 140 valence electrons. The Morgan fingerprint density at radius 1 is 1.22 bits per heavy atom. The van der Waals surface area contributed by atoms with E-state index in [4.69, 9.17) is 27.9 Å². The lowest BCUT2D eigenvalue weighted by atomic mass is 10.1. The number of benzene rings is 2. The standard InChI is InChI=1S/C18H16Cl2N4O3/c19-10-2-1-3-11(15(10)20)21-18-22-12-4-5-13(24-6-8-27-9-7-24)14(17(25)26)16(12)23-18/h1-5H,6-9H2,(H,25,26)(H2,21,22,23). The number of aromatic nitrogens is 2. The molecule has 0 radical (unpaired) electrons. The number of carboxylic acid groups (broad SMARTS) is 1. The minimum absolute atomic E-state index is 0.163. The Balaban J connectivity index is 1.76. The summed E-state index contributed by atoms with van der Waals surface area (Å²) in [5.74, 6) is -0.642. The Morgan fingerprint density at radius 3 is 2.74 bits per heavy atom. The number of rotatable bonds is 4. The smallest absolute Gasteiger partial charge is 0.340 e. The van der Waals surface area contributed by atoms with Gasteiger partial charge in [-0.2, -0.15) is 0 Å². The van der Waals surface area contributed by atoms with E-state index in [2.05, 4.69) is 15.3 Å². The molecule has 1 aromatic heterocycles. The second kappa shape index (κ2) is 7.26. The maximum atomic E-state index is 12.0. The lowest BCUT2D eigenvalue weighted by molar-refractivity contribution is 0.0698. The summed E-state index contributed by atoms with van der Waals surface area (Å²) >= 11 is 12.2. The number of imidazole rings is 1. The normalized spacial score (nSPS) is 14.5. The van der Waals surface area contributed by atoms with Crippen molar-refractivity contribution in [1.82, 2.24) is 9.97 Å². The summed E-state index contributed by atoms with van der Waals surface area (Å²) in [6, 6.07) is 8.83. The molecule has 7 nitrogen and oxygen atoms in total. The van der Waals surface area contributed by atoms with Crippen LogP contribution >= 0.6 is 23.2 Å². The first-order valence-electron chi connectivity index (χ1n) is 8.34. The van der Waals surface area contributed by atoms with E-state index in [0.717, 1.165) is 0 Å². The molecule has 0 atom stereocenters. The lowest BCUT2D eigenvalue weighted by Gasteiger charge is -2.29. The number of nitrogens with zero attached hydrogens (tertiary/aromatic N) is 2. The third kappa shape index (κ3) is 3.41. The molecule has 27 heavy (non-hydrogen) atoms. The summed E-state index contributed by atoms with van der Waals surface area (Å²) in [7, 11) is 0. The largest absolute Gasteiger partial charge is 0.478 e. The Hall–Kier alpha value is -2.48. The summed E-state index contributed by atoms with van der Waals surface area (Å²) in [6.07, 6.45) is 0. The summed E-state index contributed by atoms with van der Waals surface area (Å²) in [6.45, 7) is 2.41. The summed E-state index contributed by atoms with van der Waals surface area (Å²) in [5, 5.41) is 13.6. The first kappa shape index (κ1) is 17.9. The molecule has 1 aliphatic heterocycles. The number of carboxylic acids is 1. The van der Waals surface area contributed by atoms with Crippen LogP contribution in [0.25, 0.3) is 11.0 Å². The average Bonchev–Trinajstić information content (AvgIpc) is 3.07. The molecule has 1 saturated heterocycles. The van der Waals surface area contributed by atoms with Gasteiger partial charge in [-0.05, 0) is 24.3 Å². The number of fused-ring (bicyclic) bond motifs is 1. The van der Waals surface area contributed by atoms with Crippen LogP contribution in [0, 0.1) is 0 Å². The van der Waals surface area contributed by atoms with Crippen molar-refractivity contribution in [2.75, 3.05) is 36.5 Å². The maximum absolute atomic E-state index is 12.0. The Morgan fingerprint density at radius 2 is 2.00 bits per heavy atom. The molecule has 4 rings (SSSR count). The zero-order valence-electron chi connectivity index (χ0n) is 14.1. The predicted molar refractivity (Wildman–Crippen MR) is 106 cm³/mol. The van der Waals surface area contributed by atoms with Crippen molar-refractivity contribution in [3.8, 4) is 0 Å². The van der Waals surface area contributed by atoms with Gasteiger partial charge in [0.2, 0.25) is 5.95 Å². The number of carbonyl (C=O) groups is 1. The van der Waals surface area contributed by atoms with Crippen LogP contribution in [0.2, 0.25) is 10.0 Å². The molecule has 3 N–H and O–H groups in total. The van der Waals surface area contributed by atoms with E-state index >= 15 is 0 Å². The zero-order valence-corrected chi connectivity index (χ0v) is 15.6. The highest BCUT2D eigenvalue weighted by Gasteiger charge is 2.23. The molecule has 1 aliphatic rings. The fourth-order valence-electron chi connectivity index (χ4n) is 3.13. The van der Waals surface area contributed by atoms with Crippen LogP contribution in [-0.2, 0) is 4.74 Å². The molecule has 2 aromatic carbocycles. The molecule has 1 fully saturated rings. The van der Waals surface area contributed by atoms with Crippen molar-refractivity contribution in [2.45, 2.75) is 0 Å². The van der Waals surface area contributed by atoms with E-state index in [0.29, 0.717) is 64.7 Å². The monoisotopic (exact) mass is 406 g/mol. The number of nitrogens with one attached hydrogen (secondary N) is 2. The molecule has 9 heteroatoms. The molecule has 2 heterocycles. The topological polar surface area (TPSA) is 90.5 Å². The van der Waals surface area contributed by atoms with E-state index in [9.17, 15) is 9.90 Å². The fourth-order valence-corrected chi connectivity index (χ4v) is 3.48. The van der Waals surface area contributed by atoms with Crippen LogP contribution in [0.3, 0.4) is 0 Å². The number of anilines is 3. The Labute approximate surface area is 164 Å². The number of hydrogen-bond donors (Lipinski definition) is 3. The third-order valence-electron chi connectivity index (χ3n) is 4.40. The second-order valence-corrected chi connectivity index (χ2v) is 6.86. The molecule has 0 spiro atoms. The van der Waals surface area contributed by atoms with Gasteiger partial charge in [-0.1, -0.05) is 29.3 Å². The van der Waals surface area contributed by atoms with Gasteiger partial charge < -0.3 is 25.0 Å². The van der Waals surface area contributed by atoms with Crippen LogP contribution in [-0.4, -0.2) is 47.3 Å². The first-order chi connectivity index (χ1) is 13.0. The van der Waals surface area contributed by atoms with Gasteiger partial charge in [0.25, 0.3) is 0 Å². The SMILES string of the molecule is O=C(O)c1c(N2CCOCC2)ccc2[nH]c(Nc3cccc(Cl)c3Cl)nc12. The van der Waals surface area contributed by atoms with E-state index in [1.165, 1.54) is 0 Å². The summed E-state index contributed by atoms with van der Waals surface area (Å²) in [4.78, 5) is 21.5. The number of halogens is 2. The van der Waals surface area contributed by atoms with Crippen LogP contribution in [0.15, 0.2) is 30.3 Å². The van der Waals surface area contributed by atoms with Crippen molar-refractivity contribution in [3.05, 3.63) is 45.9 Å². The van der Waals surface area contributed by atoms with E-state index < -0.39 is 5.97 Å². The van der Waals surface area contributed by atoms with Gasteiger partial charge in [0.1, 0.15) is 11.1 Å². The summed E-state index contributed by atoms with van der Waals surface area (Å²) < 4.78 is 5.36. The molecule has 0 saturated carbocycles. The minimum Gasteiger partial charge on any atom is -0.478 e. The van der Waals surface area contributed by atoms with Crippen molar-refractivity contribution >= 4 is 57.5 Å². The van der Waals surface area contributed by atoms with Gasteiger partial charge in [0.05, 0.1) is 40.2 Å². The van der Waals surface area contributed by atoms with Gasteiger partial charge in [0.15, 0.2) is 0 Å².